The molecule has 5 heteroatoms. The average molecular weight is 327 g/mol. The van der Waals surface area contributed by atoms with Crippen molar-refractivity contribution in [1.29, 1.82) is 0 Å². The Morgan fingerprint density at radius 2 is 1.92 bits per heavy atom. The van der Waals surface area contributed by atoms with Gasteiger partial charge >= 0.3 is 5.97 Å². The van der Waals surface area contributed by atoms with Crippen LogP contribution >= 0.6 is 0 Å². The van der Waals surface area contributed by atoms with Crippen molar-refractivity contribution in [3.05, 3.63) is 42.0 Å². The molecule has 126 valence electrons. The van der Waals surface area contributed by atoms with Crippen molar-refractivity contribution in [3.8, 4) is 5.75 Å². The van der Waals surface area contributed by atoms with Gasteiger partial charge in [-0.1, -0.05) is 24.3 Å². The number of fused-ring (bicyclic) bond motifs is 1. The molecule has 0 heterocycles. The van der Waals surface area contributed by atoms with Gasteiger partial charge in [-0.05, 0) is 48.2 Å². The van der Waals surface area contributed by atoms with Crippen molar-refractivity contribution < 1.29 is 19.4 Å². The lowest BCUT2D eigenvalue weighted by atomic mass is 10.0. The predicted molar refractivity (Wildman–Crippen MR) is 91.0 cm³/mol. The van der Waals surface area contributed by atoms with Crippen molar-refractivity contribution >= 4 is 22.6 Å². The van der Waals surface area contributed by atoms with Crippen LogP contribution in [0.2, 0.25) is 0 Å². The molecule has 0 radical (unpaired) electrons. The van der Waals surface area contributed by atoms with Crippen LogP contribution in [-0.4, -0.2) is 30.1 Å². The van der Waals surface area contributed by atoms with Crippen LogP contribution in [0, 0.1) is 11.8 Å². The van der Waals surface area contributed by atoms with Gasteiger partial charge in [-0.15, -0.1) is 0 Å². The number of carbonyl (C=O) groups is 2. The molecular weight excluding hydrogens is 306 g/mol. The Morgan fingerprint density at radius 1 is 1.21 bits per heavy atom. The van der Waals surface area contributed by atoms with Crippen LogP contribution in [0.15, 0.2) is 36.4 Å². The zero-order valence-electron chi connectivity index (χ0n) is 13.8. The second-order valence-corrected chi connectivity index (χ2v) is 6.45. The smallest absolute Gasteiger partial charge is 0.307 e. The number of carboxylic acids is 1. The topological polar surface area (TPSA) is 75.6 Å². The van der Waals surface area contributed by atoms with Gasteiger partial charge in [0.25, 0.3) is 0 Å². The SMILES string of the molecule is COc1ccc2cc(C[C@@H](C)NC(=O)[C@@H]3C[C@H]3C(=O)O)ccc2c1. The van der Waals surface area contributed by atoms with E-state index in [9.17, 15) is 9.59 Å². The third-order valence-corrected chi connectivity index (χ3v) is 4.49. The standard InChI is InChI=1S/C19H21NO4/c1-11(20-18(21)16-10-17(16)19(22)23)7-12-3-4-14-9-15(24-2)6-5-13(14)8-12/h3-6,8-9,11,16-17H,7,10H2,1-2H3,(H,20,21)(H,22,23)/t11-,16-,17-/m1/s1. The van der Waals surface area contributed by atoms with Gasteiger partial charge in [0, 0.05) is 6.04 Å². The van der Waals surface area contributed by atoms with Gasteiger partial charge in [-0.3, -0.25) is 9.59 Å². The minimum Gasteiger partial charge on any atom is -0.497 e. The summed E-state index contributed by atoms with van der Waals surface area (Å²) in [5.74, 6) is -1.08. The number of amides is 1. The highest BCUT2D eigenvalue weighted by molar-refractivity contribution is 5.89. The van der Waals surface area contributed by atoms with Crippen molar-refractivity contribution in [1.82, 2.24) is 5.32 Å². The Morgan fingerprint density at radius 3 is 2.58 bits per heavy atom. The number of methoxy groups -OCH3 is 1. The first-order valence-electron chi connectivity index (χ1n) is 8.08. The van der Waals surface area contributed by atoms with E-state index >= 15 is 0 Å². The van der Waals surface area contributed by atoms with Gasteiger partial charge in [0.1, 0.15) is 5.75 Å². The van der Waals surface area contributed by atoms with E-state index in [0.717, 1.165) is 22.1 Å². The highest BCUT2D eigenvalue weighted by atomic mass is 16.5. The van der Waals surface area contributed by atoms with Gasteiger partial charge in [0.15, 0.2) is 0 Å². The Balaban J connectivity index is 1.62. The number of nitrogens with one attached hydrogen (secondary N) is 1. The quantitative estimate of drug-likeness (QED) is 0.855. The first kappa shape index (κ1) is 16.3. The fourth-order valence-electron chi connectivity index (χ4n) is 3.04. The number of benzene rings is 2. The van der Waals surface area contributed by atoms with Crippen LogP contribution in [0.1, 0.15) is 18.9 Å². The molecule has 2 aromatic rings. The summed E-state index contributed by atoms with van der Waals surface area (Å²) in [4.78, 5) is 22.8. The van der Waals surface area contributed by atoms with E-state index in [2.05, 4.69) is 11.4 Å². The molecule has 3 rings (SSSR count). The van der Waals surface area contributed by atoms with Gasteiger partial charge < -0.3 is 15.2 Å². The summed E-state index contributed by atoms with van der Waals surface area (Å²) in [5, 5.41) is 14.0. The molecular formula is C19H21NO4. The lowest BCUT2D eigenvalue weighted by Crippen LogP contribution is -2.35. The fourth-order valence-corrected chi connectivity index (χ4v) is 3.04. The Labute approximate surface area is 140 Å². The van der Waals surface area contributed by atoms with Crippen LogP contribution in [0.4, 0.5) is 0 Å². The van der Waals surface area contributed by atoms with Crippen LogP contribution in [0.3, 0.4) is 0 Å². The van der Waals surface area contributed by atoms with Crippen LogP contribution in [-0.2, 0) is 16.0 Å². The predicted octanol–water partition coefficient (Wildman–Crippen LogP) is 2.62. The Kier molecular flexibility index (Phi) is 4.42. The lowest BCUT2D eigenvalue weighted by Gasteiger charge is -2.14. The van der Waals surface area contributed by atoms with Gasteiger partial charge in [0.2, 0.25) is 5.91 Å². The molecule has 1 aliphatic rings. The number of hydrogen-bond acceptors (Lipinski definition) is 3. The number of carboxylic acid groups (broad SMARTS) is 1. The van der Waals surface area contributed by atoms with E-state index < -0.39 is 11.9 Å². The molecule has 1 amide bonds. The maximum atomic E-state index is 12.0. The van der Waals surface area contributed by atoms with E-state index in [-0.39, 0.29) is 17.9 Å². The number of carbonyl (C=O) groups excluding carboxylic acids is 1. The molecule has 5 nitrogen and oxygen atoms in total. The van der Waals surface area contributed by atoms with Crippen molar-refractivity contribution in [2.45, 2.75) is 25.8 Å². The second kappa shape index (κ2) is 6.51. The summed E-state index contributed by atoms with van der Waals surface area (Å²) in [6, 6.07) is 12.1. The van der Waals surface area contributed by atoms with Crippen LogP contribution < -0.4 is 10.1 Å². The first-order valence-corrected chi connectivity index (χ1v) is 8.08. The Bertz CT molecular complexity index is 786. The summed E-state index contributed by atoms with van der Waals surface area (Å²) < 4.78 is 5.23. The second-order valence-electron chi connectivity index (χ2n) is 6.45. The monoisotopic (exact) mass is 327 g/mol. The molecule has 0 spiro atoms. The van der Waals surface area contributed by atoms with E-state index in [0.29, 0.717) is 12.8 Å². The fraction of sp³-hybridized carbons (Fsp3) is 0.368. The van der Waals surface area contributed by atoms with Crippen LogP contribution in [0.25, 0.3) is 10.8 Å². The normalized spacial score (nSPS) is 20.4. The van der Waals surface area contributed by atoms with Gasteiger partial charge in [-0.2, -0.15) is 0 Å². The highest BCUT2D eigenvalue weighted by Gasteiger charge is 2.48. The van der Waals surface area contributed by atoms with E-state index in [1.165, 1.54) is 0 Å². The molecule has 2 aromatic carbocycles. The first-order chi connectivity index (χ1) is 11.5. The number of ether oxygens (including phenoxy) is 1. The zero-order valence-corrected chi connectivity index (χ0v) is 13.8. The van der Waals surface area contributed by atoms with Gasteiger partial charge in [0.05, 0.1) is 18.9 Å². The Hall–Kier alpha value is -2.56. The molecule has 1 aliphatic carbocycles. The molecule has 0 aromatic heterocycles. The van der Waals surface area contributed by atoms with Crippen molar-refractivity contribution in [3.63, 3.8) is 0 Å². The highest BCUT2D eigenvalue weighted by Crippen LogP contribution is 2.38. The van der Waals surface area contributed by atoms with Gasteiger partial charge in [-0.25, -0.2) is 0 Å². The molecule has 0 unspecified atom stereocenters. The maximum Gasteiger partial charge on any atom is 0.307 e. The number of rotatable bonds is 6. The third-order valence-electron chi connectivity index (χ3n) is 4.49. The molecule has 0 bridgehead atoms. The summed E-state index contributed by atoms with van der Waals surface area (Å²) >= 11 is 0. The van der Waals surface area contributed by atoms with Crippen LogP contribution in [0.5, 0.6) is 5.75 Å². The van der Waals surface area contributed by atoms with E-state index in [1.807, 2.05) is 37.3 Å². The summed E-state index contributed by atoms with van der Waals surface area (Å²) in [5.41, 5.74) is 1.13. The summed E-state index contributed by atoms with van der Waals surface area (Å²) in [7, 11) is 1.65. The molecule has 3 atom stereocenters. The molecule has 0 saturated heterocycles. The lowest BCUT2D eigenvalue weighted by molar-refractivity contribution is -0.140. The summed E-state index contributed by atoms with van der Waals surface area (Å²) in [6.07, 6.45) is 1.16. The molecule has 1 saturated carbocycles. The maximum absolute atomic E-state index is 12.0. The van der Waals surface area contributed by atoms with Crippen molar-refractivity contribution in [2.24, 2.45) is 11.8 Å². The summed E-state index contributed by atoms with van der Waals surface area (Å²) in [6.45, 7) is 1.94. The zero-order chi connectivity index (χ0) is 17.3. The minimum atomic E-state index is -0.882. The number of aliphatic carboxylic acids is 1. The van der Waals surface area contributed by atoms with Crippen molar-refractivity contribution in [2.75, 3.05) is 7.11 Å². The largest absolute Gasteiger partial charge is 0.497 e. The minimum absolute atomic E-state index is 0.0387. The van der Waals surface area contributed by atoms with E-state index in [1.54, 1.807) is 7.11 Å². The average Bonchev–Trinajstić information content (AvgIpc) is 3.35. The molecule has 24 heavy (non-hydrogen) atoms. The third kappa shape index (κ3) is 3.50. The molecule has 0 aliphatic heterocycles. The molecule has 2 N–H and O–H groups in total. The molecule has 1 fully saturated rings. The number of hydrogen-bond donors (Lipinski definition) is 2. The van der Waals surface area contributed by atoms with E-state index in [4.69, 9.17) is 9.84 Å².